The van der Waals surface area contributed by atoms with Crippen molar-refractivity contribution in [3.05, 3.63) is 22.2 Å². The molecular weight excluding hydrogens is 384 g/mol. The van der Waals surface area contributed by atoms with Gasteiger partial charge >= 0.3 is 0 Å². The molecule has 23 heavy (non-hydrogen) atoms. The molecule has 0 radical (unpaired) electrons. The molecule has 0 fully saturated rings. The van der Waals surface area contributed by atoms with Crippen molar-refractivity contribution in [1.82, 2.24) is 5.32 Å². The number of hydrogen-bond donors (Lipinski definition) is 2. The zero-order valence-corrected chi connectivity index (χ0v) is 16.5. The lowest BCUT2D eigenvalue weighted by atomic mass is 10.1. The van der Waals surface area contributed by atoms with E-state index in [0.717, 1.165) is 10.0 Å². The number of rotatable bonds is 8. The SMILES string of the molecule is CCOc1cc(Br)c(CC(=O)NCC(C)(C)N)cc1OCC.Cl. The first kappa shape index (κ1) is 22.0. The third kappa shape index (κ3) is 7.90. The lowest BCUT2D eigenvalue weighted by molar-refractivity contribution is -0.120. The van der Waals surface area contributed by atoms with E-state index in [4.69, 9.17) is 15.2 Å². The molecule has 5 nitrogen and oxygen atoms in total. The Morgan fingerprint density at radius 1 is 1.22 bits per heavy atom. The summed E-state index contributed by atoms with van der Waals surface area (Å²) >= 11 is 3.48. The summed E-state index contributed by atoms with van der Waals surface area (Å²) in [5.74, 6) is 1.24. The minimum atomic E-state index is -0.428. The number of halogens is 2. The third-order valence-electron chi connectivity index (χ3n) is 2.80. The third-order valence-corrected chi connectivity index (χ3v) is 3.54. The Morgan fingerprint density at radius 3 is 2.22 bits per heavy atom. The van der Waals surface area contributed by atoms with E-state index in [1.54, 1.807) is 0 Å². The summed E-state index contributed by atoms with van der Waals surface area (Å²) < 4.78 is 12.0. The number of ether oxygens (including phenoxy) is 2. The van der Waals surface area contributed by atoms with Gasteiger partial charge in [-0.05, 0) is 45.4 Å². The predicted octanol–water partition coefficient (Wildman–Crippen LogP) is 3.06. The highest BCUT2D eigenvalue weighted by Crippen LogP contribution is 2.34. The van der Waals surface area contributed by atoms with Crippen LogP contribution in [-0.4, -0.2) is 31.2 Å². The van der Waals surface area contributed by atoms with Crippen LogP contribution >= 0.6 is 28.3 Å². The number of amides is 1. The topological polar surface area (TPSA) is 73.6 Å². The van der Waals surface area contributed by atoms with Crippen LogP contribution in [0, 0.1) is 0 Å². The van der Waals surface area contributed by atoms with Crippen molar-refractivity contribution in [1.29, 1.82) is 0 Å². The van der Waals surface area contributed by atoms with Gasteiger partial charge in [0, 0.05) is 16.6 Å². The van der Waals surface area contributed by atoms with Gasteiger partial charge in [-0.3, -0.25) is 4.79 Å². The molecule has 1 amide bonds. The molecule has 0 aliphatic rings. The van der Waals surface area contributed by atoms with Crippen molar-refractivity contribution in [2.24, 2.45) is 5.73 Å². The second kappa shape index (κ2) is 10.0. The number of carbonyl (C=O) groups excluding carboxylic acids is 1. The summed E-state index contributed by atoms with van der Waals surface area (Å²) in [5.41, 5.74) is 6.28. The van der Waals surface area contributed by atoms with Crippen LogP contribution in [0.4, 0.5) is 0 Å². The largest absolute Gasteiger partial charge is 0.490 e. The van der Waals surface area contributed by atoms with Gasteiger partial charge in [0.2, 0.25) is 5.91 Å². The van der Waals surface area contributed by atoms with Crippen molar-refractivity contribution in [3.63, 3.8) is 0 Å². The number of nitrogens with two attached hydrogens (primary N) is 1. The van der Waals surface area contributed by atoms with Crippen LogP contribution in [0.1, 0.15) is 33.3 Å². The number of nitrogens with one attached hydrogen (secondary N) is 1. The van der Waals surface area contributed by atoms with Crippen LogP contribution in [-0.2, 0) is 11.2 Å². The van der Waals surface area contributed by atoms with Crippen LogP contribution in [0.25, 0.3) is 0 Å². The fourth-order valence-corrected chi connectivity index (χ4v) is 2.27. The molecule has 7 heteroatoms. The molecule has 0 aliphatic carbocycles. The number of carbonyl (C=O) groups is 1. The molecule has 0 aromatic heterocycles. The fourth-order valence-electron chi connectivity index (χ4n) is 1.81. The Bertz CT molecular complexity index is 519. The smallest absolute Gasteiger partial charge is 0.224 e. The second-order valence-electron chi connectivity index (χ2n) is 5.70. The minimum absolute atomic E-state index is 0. The molecule has 0 saturated carbocycles. The normalized spacial score (nSPS) is 10.7. The lowest BCUT2D eigenvalue weighted by Crippen LogP contribution is -2.45. The fraction of sp³-hybridized carbons (Fsp3) is 0.562. The molecule has 0 atom stereocenters. The van der Waals surface area contributed by atoms with E-state index in [9.17, 15) is 4.79 Å². The highest BCUT2D eigenvalue weighted by molar-refractivity contribution is 9.10. The van der Waals surface area contributed by atoms with Crippen molar-refractivity contribution >= 4 is 34.2 Å². The zero-order chi connectivity index (χ0) is 16.8. The number of hydrogen-bond acceptors (Lipinski definition) is 4. The number of benzene rings is 1. The summed E-state index contributed by atoms with van der Waals surface area (Å²) in [6, 6.07) is 3.68. The molecule has 0 spiro atoms. The van der Waals surface area contributed by atoms with E-state index in [1.807, 2.05) is 39.8 Å². The van der Waals surface area contributed by atoms with Crippen molar-refractivity contribution in [2.75, 3.05) is 19.8 Å². The van der Waals surface area contributed by atoms with E-state index in [1.165, 1.54) is 0 Å². The van der Waals surface area contributed by atoms with Crippen LogP contribution in [0.2, 0.25) is 0 Å². The predicted molar refractivity (Wildman–Crippen MR) is 98.7 cm³/mol. The standard InChI is InChI=1S/C16H25BrN2O3.ClH/c1-5-21-13-7-11(12(17)9-14(13)22-6-2)8-15(20)19-10-16(3,4)18;/h7,9H,5-6,8,10,18H2,1-4H3,(H,19,20);1H. The van der Waals surface area contributed by atoms with Gasteiger partial charge in [0.05, 0.1) is 19.6 Å². The maximum atomic E-state index is 12.0. The Hall–Kier alpha value is -0.980. The summed E-state index contributed by atoms with van der Waals surface area (Å²) in [6.07, 6.45) is 0.253. The summed E-state index contributed by atoms with van der Waals surface area (Å²) in [7, 11) is 0. The first-order valence-corrected chi connectivity index (χ1v) is 8.19. The summed E-state index contributed by atoms with van der Waals surface area (Å²) in [4.78, 5) is 12.0. The van der Waals surface area contributed by atoms with E-state index in [2.05, 4.69) is 21.2 Å². The molecule has 0 saturated heterocycles. The molecule has 0 unspecified atom stereocenters. The Balaban J connectivity index is 0.00000484. The van der Waals surface area contributed by atoms with Gasteiger partial charge in [-0.2, -0.15) is 0 Å². The van der Waals surface area contributed by atoms with Crippen LogP contribution in [0.15, 0.2) is 16.6 Å². The maximum Gasteiger partial charge on any atom is 0.224 e. The Labute approximate surface area is 152 Å². The maximum absolute atomic E-state index is 12.0. The molecule has 0 heterocycles. The van der Waals surface area contributed by atoms with Crippen molar-refractivity contribution in [2.45, 2.75) is 39.7 Å². The van der Waals surface area contributed by atoms with Gasteiger partial charge in [-0.25, -0.2) is 0 Å². The average molecular weight is 410 g/mol. The first-order chi connectivity index (χ1) is 10.3. The molecule has 0 bridgehead atoms. The molecule has 3 N–H and O–H groups in total. The lowest BCUT2D eigenvalue weighted by Gasteiger charge is -2.19. The highest BCUT2D eigenvalue weighted by Gasteiger charge is 2.16. The van der Waals surface area contributed by atoms with E-state index >= 15 is 0 Å². The molecule has 0 aliphatic heterocycles. The van der Waals surface area contributed by atoms with E-state index in [-0.39, 0.29) is 24.7 Å². The van der Waals surface area contributed by atoms with E-state index in [0.29, 0.717) is 31.3 Å². The average Bonchev–Trinajstić information content (AvgIpc) is 2.41. The van der Waals surface area contributed by atoms with Crippen molar-refractivity contribution in [3.8, 4) is 11.5 Å². The van der Waals surface area contributed by atoms with Gasteiger partial charge < -0.3 is 20.5 Å². The van der Waals surface area contributed by atoms with Crippen LogP contribution in [0.3, 0.4) is 0 Å². The molecule has 1 aromatic rings. The highest BCUT2D eigenvalue weighted by atomic mass is 79.9. The molecular formula is C16H26BrClN2O3. The molecule has 1 rings (SSSR count). The van der Waals surface area contributed by atoms with Gasteiger partial charge in [0.1, 0.15) is 0 Å². The van der Waals surface area contributed by atoms with Crippen molar-refractivity contribution < 1.29 is 14.3 Å². The Kier molecular flexibility index (Phi) is 9.58. The molecule has 1 aromatic carbocycles. The van der Waals surface area contributed by atoms with Crippen LogP contribution < -0.4 is 20.5 Å². The van der Waals surface area contributed by atoms with Gasteiger partial charge in [-0.15, -0.1) is 12.4 Å². The van der Waals surface area contributed by atoms with E-state index < -0.39 is 5.54 Å². The Morgan fingerprint density at radius 2 is 1.74 bits per heavy atom. The summed E-state index contributed by atoms with van der Waals surface area (Å²) in [6.45, 7) is 9.08. The first-order valence-electron chi connectivity index (χ1n) is 7.40. The molecule has 132 valence electrons. The quantitative estimate of drug-likeness (QED) is 0.692. The van der Waals surface area contributed by atoms with Gasteiger partial charge in [-0.1, -0.05) is 15.9 Å². The second-order valence-corrected chi connectivity index (χ2v) is 6.55. The van der Waals surface area contributed by atoms with Crippen LogP contribution in [0.5, 0.6) is 11.5 Å². The van der Waals surface area contributed by atoms with Gasteiger partial charge in [0.15, 0.2) is 11.5 Å². The zero-order valence-electron chi connectivity index (χ0n) is 14.1. The van der Waals surface area contributed by atoms with Gasteiger partial charge in [0.25, 0.3) is 0 Å². The minimum Gasteiger partial charge on any atom is -0.490 e. The monoisotopic (exact) mass is 408 g/mol. The summed E-state index contributed by atoms with van der Waals surface area (Å²) in [5, 5.41) is 2.83.